The first-order valence-corrected chi connectivity index (χ1v) is 13.4. The minimum absolute atomic E-state index is 0.622. The van der Waals surface area contributed by atoms with Gasteiger partial charge in [0.1, 0.15) is 40.7 Å². The molecule has 5 heteroatoms. The summed E-state index contributed by atoms with van der Waals surface area (Å²) >= 11 is 0. The molecule has 6 heterocycles. The van der Waals surface area contributed by atoms with Gasteiger partial charge in [-0.1, -0.05) is 54.6 Å². The number of aromatic nitrogens is 3. The van der Waals surface area contributed by atoms with Crippen molar-refractivity contribution in [2.75, 3.05) is 4.90 Å². The Kier molecular flexibility index (Phi) is 3.29. The van der Waals surface area contributed by atoms with Crippen LogP contribution in [0.5, 0.6) is 11.5 Å². The van der Waals surface area contributed by atoms with Gasteiger partial charge in [0.25, 0.3) is 11.6 Å². The van der Waals surface area contributed by atoms with E-state index >= 15 is 0 Å². The van der Waals surface area contributed by atoms with Crippen LogP contribution in [0.25, 0.3) is 33.6 Å². The topological polar surface area (TPSA) is 25.2 Å². The molecule has 0 fully saturated rings. The molecule has 5 nitrogen and oxygen atoms in total. The summed E-state index contributed by atoms with van der Waals surface area (Å²) in [5.74, 6) is 4.10. The zero-order valence-electron chi connectivity index (χ0n) is 21.2. The number of imidazole rings is 1. The molecule has 0 N–H and O–H groups in total. The van der Waals surface area contributed by atoms with E-state index in [0.717, 1.165) is 17.3 Å². The van der Waals surface area contributed by atoms with Crippen LogP contribution in [-0.2, 0) is 12.7 Å². The lowest BCUT2D eigenvalue weighted by Gasteiger charge is -2.40. The predicted octanol–water partition coefficient (Wildman–Crippen LogP) is 6.41. The molecule has 0 amide bonds. The average molecular weight is 503 g/mol. The molecule has 39 heavy (non-hydrogen) atoms. The van der Waals surface area contributed by atoms with Crippen molar-refractivity contribution in [3.8, 4) is 45.1 Å². The zero-order chi connectivity index (χ0) is 25.5. The van der Waals surface area contributed by atoms with Gasteiger partial charge >= 0.3 is 5.66 Å². The number of hydrogen-bond acceptors (Lipinski definition) is 2. The van der Waals surface area contributed by atoms with E-state index in [1.165, 1.54) is 56.1 Å². The SMILES string of the molecule is Cn1cc[n+]2c1-c1cccc3c1C21c2c(ccc4c2N(c2ccccc2-c2ccccc2-4)c2cccc[n+]21)O3. The maximum Gasteiger partial charge on any atom is 0.318 e. The van der Waals surface area contributed by atoms with Gasteiger partial charge in [-0.3, -0.25) is 0 Å². The Labute approximate surface area is 225 Å². The van der Waals surface area contributed by atoms with Gasteiger partial charge in [-0.25, -0.2) is 4.57 Å². The highest BCUT2D eigenvalue weighted by atomic mass is 16.5. The fourth-order valence-electron chi connectivity index (χ4n) is 7.60. The van der Waals surface area contributed by atoms with Crippen LogP contribution in [0.15, 0.2) is 116 Å². The van der Waals surface area contributed by atoms with Gasteiger partial charge < -0.3 is 4.74 Å². The summed E-state index contributed by atoms with van der Waals surface area (Å²) in [6.45, 7) is 0. The summed E-state index contributed by atoms with van der Waals surface area (Å²) < 4.78 is 13.9. The molecule has 6 aromatic rings. The predicted molar refractivity (Wildman–Crippen MR) is 148 cm³/mol. The number of nitrogens with zero attached hydrogens (tertiary/aromatic N) is 4. The van der Waals surface area contributed by atoms with Crippen molar-refractivity contribution in [2.24, 2.45) is 7.05 Å². The number of ether oxygens (including phenoxy) is 1. The van der Waals surface area contributed by atoms with Crippen LogP contribution in [0.4, 0.5) is 17.2 Å². The minimum Gasteiger partial charge on any atom is -0.456 e. The van der Waals surface area contributed by atoms with Crippen molar-refractivity contribution >= 4 is 17.2 Å². The summed E-state index contributed by atoms with van der Waals surface area (Å²) in [7, 11) is 2.13. The molecule has 1 atom stereocenters. The van der Waals surface area contributed by atoms with Crippen molar-refractivity contribution < 1.29 is 13.9 Å². The maximum atomic E-state index is 6.79. The number of hydrogen-bond donors (Lipinski definition) is 0. The molecular weight excluding hydrogens is 480 g/mol. The molecule has 1 spiro atoms. The van der Waals surface area contributed by atoms with E-state index in [1.54, 1.807) is 0 Å². The van der Waals surface area contributed by atoms with Gasteiger partial charge in [0.05, 0.1) is 18.8 Å². The first kappa shape index (κ1) is 19.9. The monoisotopic (exact) mass is 502 g/mol. The number of aryl methyl sites for hydroxylation is 1. The largest absolute Gasteiger partial charge is 0.456 e. The molecule has 0 bridgehead atoms. The van der Waals surface area contributed by atoms with Gasteiger partial charge in [0.15, 0.2) is 5.69 Å². The highest BCUT2D eigenvalue weighted by molar-refractivity contribution is 6.04. The van der Waals surface area contributed by atoms with E-state index in [9.17, 15) is 0 Å². The summed E-state index contributed by atoms with van der Waals surface area (Å²) in [5, 5.41) is 0. The standard InChI is InChI=1S/C34H22N4O/c1-35-19-20-37-33(35)25-12-8-14-27-30(25)34(37)31-28(39-27)17-16-24-22-10-3-2-9-21(22)23-11-4-5-13-26(23)38(32(24)31)29-15-6-7-18-36(29)34/h2-20H,1H3/q+2. The number of pyridine rings is 1. The molecule has 4 aromatic carbocycles. The number of rotatable bonds is 0. The molecule has 4 aliphatic heterocycles. The van der Waals surface area contributed by atoms with Crippen LogP contribution in [0.3, 0.4) is 0 Å². The summed E-state index contributed by atoms with van der Waals surface area (Å²) in [6, 6.07) is 35.0. The smallest absolute Gasteiger partial charge is 0.318 e. The molecule has 0 saturated carbocycles. The Hall–Kier alpha value is -5.16. The van der Waals surface area contributed by atoms with Crippen molar-refractivity contribution in [2.45, 2.75) is 5.66 Å². The molecule has 0 saturated heterocycles. The van der Waals surface area contributed by atoms with E-state index in [4.69, 9.17) is 4.74 Å². The Morgan fingerprint density at radius 1 is 0.615 bits per heavy atom. The molecular formula is C34H22N4O+2. The van der Waals surface area contributed by atoms with Gasteiger partial charge in [0.2, 0.25) is 0 Å². The normalized spacial score (nSPS) is 17.6. The van der Waals surface area contributed by atoms with Crippen LogP contribution in [0.2, 0.25) is 0 Å². The van der Waals surface area contributed by atoms with Crippen molar-refractivity contribution in [1.82, 2.24) is 4.57 Å². The van der Waals surface area contributed by atoms with Crippen molar-refractivity contribution in [3.63, 3.8) is 0 Å². The van der Waals surface area contributed by atoms with Crippen molar-refractivity contribution in [1.29, 1.82) is 0 Å². The summed E-state index contributed by atoms with van der Waals surface area (Å²) in [4.78, 5) is 2.45. The van der Waals surface area contributed by atoms with Gasteiger partial charge in [-0.2, -0.15) is 14.0 Å². The Morgan fingerprint density at radius 2 is 1.36 bits per heavy atom. The number of para-hydroxylation sites is 1. The lowest BCUT2D eigenvalue weighted by molar-refractivity contribution is -0.958. The van der Waals surface area contributed by atoms with E-state index < -0.39 is 5.66 Å². The first-order valence-electron chi connectivity index (χ1n) is 13.4. The Bertz CT molecular complexity index is 2090. The van der Waals surface area contributed by atoms with Crippen LogP contribution in [0.1, 0.15) is 11.1 Å². The molecule has 182 valence electrons. The molecule has 0 aliphatic carbocycles. The van der Waals surface area contributed by atoms with Crippen LogP contribution >= 0.6 is 0 Å². The van der Waals surface area contributed by atoms with E-state index in [0.29, 0.717) is 0 Å². The lowest BCUT2D eigenvalue weighted by atomic mass is 9.81. The fourth-order valence-corrected chi connectivity index (χ4v) is 7.60. The summed E-state index contributed by atoms with van der Waals surface area (Å²) in [6.07, 6.45) is 6.62. The van der Waals surface area contributed by atoms with Crippen LogP contribution < -0.4 is 18.8 Å². The number of anilines is 3. The zero-order valence-corrected chi connectivity index (χ0v) is 21.2. The number of fused-ring (bicyclic) bond motifs is 9. The molecule has 0 radical (unpaired) electrons. The quantitative estimate of drug-likeness (QED) is 0.224. The Morgan fingerprint density at radius 3 is 2.26 bits per heavy atom. The number of benzene rings is 4. The lowest BCUT2D eigenvalue weighted by Crippen LogP contribution is -2.75. The minimum atomic E-state index is -0.622. The second-order valence-electron chi connectivity index (χ2n) is 10.7. The third-order valence-electron chi connectivity index (χ3n) is 8.97. The molecule has 2 aromatic heterocycles. The second-order valence-corrected chi connectivity index (χ2v) is 10.7. The van der Waals surface area contributed by atoms with E-state index in [2.05, 4.69) is 141 Å². The highest BCUT2D eigenvalue weighted by Gasteiger charge is 2.67. The van der Waals surface area contributed by atoms with E-state index in [-0.39, 0.29) is 0 Å². The molecule has 4 aliphatic rings. The van der Waals surface area contributed by atoms with Crippen LogP contribution in [0, 0.1) is 0 Å². The molecule has 1 unspecified atom stereocenters. The maximum absolute atomic E-state index is 6.79. The van der Waals surface area contributed by atoms with E-state index in [1.807, 2.05) is 0 Å². The van der Waals surface area contributed by atoms with Gasteiger partial charge in [-0.15, -0.1) is 0 Å². The van der Waals surface area contributed by atoms with Gasteiger partial charge in [0, 0.05) is 17.2 Å². The van der Waals surface area contributed by atoms with Crippen LogP contribution in [-0.4, -0.2) is 4.57 Å². The second kappa shape index (κ2) is 6.45. The third-order valence-corrected chi connectivity index (χ3v) is 8.97. The fraction of sp³-hybridized carbons (Fsp3) is 0.0588. The first-order chi connectivity index (χ1) is 19.3. The summed E-state index contributed by atoms with van der Waals surface area (Å²) in [5.41, 5.74) is 10.2. The Balaban J connectivity index is 1.49. The average Bonchev–Trinajstić information content (AvgIpc) is 3.47. The van der Waals surface area contributed by atoms with Crippen molar-refractivity contribution in [3.05, 3.63) is 127 Å². The third kappa shape index (κ3) is 2.04. The molecule has 10 rings (SSSR count). The highest BCUT2D eigenvalue weighted by Crippen LogP contribution is 2.62. The van der Waals surface area contributed by atoms with Gasteiger partial charge in [-0.05, 0) is 47.5 Å².